The van der Waals surface area contributed by atoms with Crippen molar-refractivity contribution in [2.24, 2.45) is 11.1 Å². The largest absolute Gasteiger partial charge is 0.381 e. The smallest absolute Gasteiger partial charge is 0.328 e. The summed E-state index contributed by atoms with van der Waals surface area (Å²) in [5.74, 6) is 0.127. The minimum Gasteiger partial charge on any atom is -0.381 e. The van der Waals surface area contributed by atoms with Gasteiger partial charge in [-0.1, -0.05) is 0 Å². The van der Waals surface area contributed by atoms with Gasteiger partial charge in [0.1, 0.15) is 0 Å². The highest BCUT2D eigenvalue weighted by atomic mass is 32.2. The standard InChI is InChI=1S/C9H13N3O5S/c10-18(15,16)7-4-12(9(14)11-8(7)13)3-6-1-2-17-5-6/h4,6H,1-3,5H2,(H2,10,15,16)(H,11,13,14). The molecule has 1 atom stereocenters. The van der Waals surface area contributed by atoms with Gasteiger partial charge in [-0.25, -0.2) is 18.4 Å². The first-order valence-corrected chi connectivity index (χ1v) is 6.87. The molecular formula is C9H13N3O5S. The summed E-state index contributed by atoms with van der Waals surface area (Å²) in [6.07, 6.45) is 1.77. The second-order valence-electron chi connectivity index (χ2n) is 4.18. The lowest BCUT2D eigenvalue weighted by Crippen LogP contribution is -2.35. The number of hydrogen-bond acceptors (Lipinski definition) is 5. The number of aromatic nitrogens is 2. The summed E-state index contributed by atoms with van der Waals surface area (Å²) < 4.78 is 28.6. The Bertz CT molecular complexity index is 654. The summed E-state index contributed by atoms with van der Waals surface area (Å²) in [6, 6.07) is 0. The molecule has 9 heteroatoms. The second kappa shape index (κ2) is 4.67. The fraction of sp³-hybridized carbons (Fsp3) is 0.556. The predicted octanol–water partition coefficient (Wildman–Crippen LogP) is -1.78. The minimum atomic E-state index is -4.14. The van der Waals surface area contributed by atoms with Crippen molar-refractivity contribution in [2.45, 2.75) is 17.9 Å². The number of H-pyrrole nitrogens is 1. The second-order valence-corrected chi connectivity index (χ2v) is 5.71. The molecule has 0 spiro atoms. The predicted molar refractivity (Wildman–Crippen MR) is 61.6 cm³/mol. The van der Waals surface area contributed by atoms with Gasteiger partial charge >= 0.3 is 5.69 Å². The zero-order chi connectivity index (χ0) is 13.3. The van der Waals surface area contributed by atoms with E-state index in [1.54, 1.807) is 0 Å². The van der Waals surface area contributed by atoms with Crippen molar-refractivity contribution in [3.05, 3.63) is 27.0 Å². The van der Waals surface area contributed by atoms with Crippen LogP contribution < -0.4 is 16.4 Å². The van der Waals surface area contributed by atoms with Crippen molar-refractivity contribution < 1.29 is 13.2 Å². The Morgan fingerprint density at radius 2 is 2.22 bits per heavy atom. The number of primary sulfonamides is 1. The molecule has 2 heterocycles. The van der Waals surface area contributed by atoms with Crippen LogP contribution in [0.1, 0.15) is 6.42 Å². The van der Waals surface area contributed by atoms with Crippen molar-refractivity contribution in [1.29, 1.82) is 0 Å². The average Bonchev–Trinajstić information content (AvgIpc) is 2.72. The highest BCUT2D eigenvalue weighted by molar-refractivity contribution is 7.89. The van der Waals surface area contributed by atoms with Crippen LogP contribution in [0.15, 0.2) is 20.7 Å². The van der Waals surface area contributed by atoms with E-state index in [4.69, 9.17) is 9.88 Å². The number of aromatic amines is 1. The van der Waals surface area contributed by atoms with E-state index in [0.717, 1.165) is 17.2 Å². The van der Waals surface area contributed by atoms with E-state index in [1.165, 1.54) is 0 Å². The topological polar surface area (TPSA) is 124 Å². The molecule has 2 rings (SSSR count). The summed E-state index contributed by atoms with van der Waals surface area (Å²) in [4.78, 5) is 24.2. The maximum absolute atomic E-state index is 11.5. The molecule has 8 nitrogen and oxygen atoms in total. The quantitative estimate of drug-likeness (QED) is 0.674. The van der Waals surface area contributed by atoms with Crippen molar-refractivity contribution in [1.82, 2.24) is 9.55 Å². The van der Waals surface area contributed by atoms with Crippen molar-refractivity contribution in [3.63, 3.8) is 0 Å². The number of hydrogen-bond donors (Lipinski definition) is 2. The van der Waals surface area contributed by atoms with Gasteiger partial charge in [0.25, 0.3) is 5.56 Å². The van der Waals surface area contributed by atoms with Gasteiger partial charge in [-0.05, 0) is 6.42 Å². The first kappa shape index (κ1) is 13.0. The molecule has 3 N–H and O–H groups in total. The molecule has 0 saturated carbocycles. The number of nitrogens with two attached hydrogens (primary N) is 1. The molecule has 1 saturated heterocycles. The fourth-order valence-electron chi connectivity index (χ4n) is 1.83. The molecule has 1 aliphatic rings. The highest BCUT2D eigenvalue weighted by Gasteiger charge is 2.20. The van der Waals surface area contributed by atoms with E-state index in [-0.39, 0.29) is 12.5 Å². The zero-order valence-corrected chi connectivity index (χ0v) is 10.3. The number of nitrogens with zero attached hydrogens (tertiary/aromatic N) is 1. The molecule has 0 bridgehead atoms. The molecule has 1 unspecified atom stereocenters. The van der Waals surface area contributed by atoms with Gasteiger partial charge in [0.2, 0.25) is 10.0 Å². The SMILES string of the molecule is NS(=O)(=O)c1cn(CC2CCOC2)c(=O)[nH]c1=O. The summed E-state index contributed by atoms with van der Waals surface area (Å²) >= 11 is 0. The van der Waals surface area contributed by atoms with E-state index >= 15 is 0 Å². The van der Waals surface area contributed by atoms with Crippen LogP contribution in [0.3, 0.4) is 0 Å². The molecular weight excluding hydrogens is 262 g/mol. The lowest BCUT2D eigenvalue weighted by atomic mass is 10.1. The summed E-state index contributed by atoms with van der Waals surface area (Å²) in [6.45, 7) is 1.42. The first-order valence-electron chi connectivity index (χ1n) is 5.32. The first-order chi connectivity index (χ1) is 8.38. The fourth-order valence-corrected chi connectivity index (χ4v) is 2.42. The molecule has 18 heavy (non-hydrogen) atoms. The molecule has 0 aliphatic carbocycles. The number of rotatable bonds is 3. The summed E-state index contributed by atoms with van der Waals surface area (Å²) in [5, 5.41) is 4.90. The van der Waals surface area contributed by atoms with Crippen LogP contribution in [-0.2, 0) is 21.3 Å². The van der Waals surface area contributed by atoms with Gasteiger partial charge in [0.15, 0.2) is 4.90 Å². The van der Waals surface area contributed by atoms with E-state index in [1.807, 2.05) is 4.98 Å². The Kier molecular flexibility index (Phi) is 3.37. The van der Waals surface area contributed by atoms with Gasteiger partial charge in [0, 0.05) is 25.3 Å². The summed E-state index contributed by atoms with van der Waals surface area (Å²) in [5.41, 5.74) is -1.65. The van der Waals surface area contributed by atoms with Crippen LogP contribution in [0.4, 0.5) is 0 Å². The van der Waals surface area contributed by atoms with Crippen LogP contribution in [0.25, 0.3) is 0 Å². The van der Waals surface area contributed by atoms with Crippen LogP contribution in [0.5, 0.6) is 0 Å². The monoisotopic (exact) mass is 275 g/mol. The van der Waals surface area contributed by atoms with Crippen LogP contribution in [0, 0.1) is 5.92 Å². The molecule has 1 aliphatic heterocycles. The number of nitrogens with one attached hydrogen (secondary N) is 1. The van der Waals surface area contributed by atoms with E-state index in [2.05, 4.69) is 0 Å². The molecule has 100 valence electrons. The molecule has 1 aromatic heterocycles. The van der Waals surface area contributed by atoms with Gasteiger partial charge in [-0.3, -0.25) is 14.3 Å². The molecule has 0 radical (unpaired) electrons. The third-order valence-corrected chi connectivity index (χ3v) is 3.67. The van der Waals surface area contributed by atoms with E-state index in [0.29, 0.717) is 13.2 Å². The molecule has 1 aromatic rings. The number of ether oxygens (including phenoxy) is 1. The molecule has 0 aromatic carbocycles. The Morgan fingerprint density at radius 3 is 2.78 bits per heavy atom. The van der Waals surface area contributed by atoms with Gasteiger partial charge in [-0.15, -0.1) is 0 Å². The normalized spacial score (nSPS) is 20.2. The average molecular weight is 275 g/mol. The van der Waals surface area contributed by atoms with E-state index < -0.39 is 26.2 Å². The molecule has 0 amide bonds. The molecule has 1 fully saturated rings. The van der Waals surface area contributed by atoms with Crippen LogP contribution in [-0.4, -0.2) is 31.2 Å². The van der Waals surface area contributed by atoms with Crippen molar-refractivity contribution in [2.75, 3.05) is 13.2 Å². The lowest BCUT2D eigenvalue weighted by Gasteiger charge is -2.10. The van der Waals surface area contributed by atoms with Crippen molar-refractivity contribution >= 4 is 10.0 Å². The Labute approximate surface area is 102 Å². The highest BCUT2D eigenvalue weighted by Crippen LogP contribution is 2.13. The van der Waals surface area contributed by atoms with Crippen molar-refractivity contribution in [3.8, 4) is 0 Å². The number of sulfonamides is 1. The Morgan fingerprint density at radius 1 is 1.50 bits per heavy atom. The maximum Gasteiger partial charge on any atom is 0.328 e. The minimum absolute atomic E-state index is 0.127. The van der Waals surface area contributed by atoms with Crippen LogP contribution in [0.2, 0.25) is 0 Å². The third kappa shape index (κ3) is 2.68. The maximum atomic E-state index is 11.5. The van der Waals surface area contributed by atoms with Crippen LogP contribution >= 0.6 is 0 Å². The zero-order valence-electron chi connectivity index (χ0n) is 9.46. The Balaban J connectivity index is 2.41. The Hall–Kier alpha value is -1.45. The van der Waals surface area contributed by atoms with Gasteiger partial charge < -0.3 is 4.74 Å². The lowest BCUT2D eigenvalue weighted by molar-refractivity contribution is 0.182. The summed E-state index contributed by atoms with van der Waals surface area (Å²) in [7, 11) is -4.14. The van der Waals surface area contributed by atoms with E-state index in [9.17, 15) is 18.0 Å². The van der Waals surface area contributed by atoms with Gasteiger partial charge in [-0.2, -0.15) is 0 Å². The third-order valence-electron chi connectivity index (χ3n) is 2.76. The van der Waals surface area contributed by atoms with Gasteiger partial charge in [0.05, 0.1) is 6.61 Å².